The molecule has 0 bridgehead atoms. The van der Waals surface area contributed by atoms with Gasteiger partial charge in [-0.1, -0.05) is 11.6 Å². The van der Waals surface area contributed by atoms with Gasteiger partial charge in [0, 0.05) is 11.3 Å². The molecule has 3 nitrogen and oxygen atoms in total. The molecule has 0 radical (unpaired) electrons. The lowest BCUT2D eigenvalue weighted by Gasteiger charge is -2.11. The van der Waals surface area contributed by atoms with Crippen LogP contribution in [0.15, 0.2) is 30.3 Å². The molecule has 0 heterocycles. The molecule has 1 amide bonds. The Labute approximate surface area is 121 Å². The molecular formula is C15H14ClFN2O. The highest BCUT2D eigenvalue weighted by Crippen LogP contribution is 2.27. The van der Waals surface area contributed by atoms with Crippen LogP contribution in [0, 0.1) is 19.7 Å². The number of halogens is 2. The number of anilines is 2. The number of carbonyl (C=O) groups excluding carboxylic acids is 1. The molecule has 0 fully saturated rings. The minimum absolute atomic E-state index is 0.313. The number of aryl methyl sites for hydroxylation is 2. The molecule has 0 saturated heterocycles. The van der Waals surface area contributed by atoms with Crippen LogP contribution in [0.25, 0.3) is 0 Å². The molecule has 0 unspecified atom stereocenters. The van der Waals surface area contributed by atoms with E-state index in [9.17, 15) is 9.18 Å². The van der Waals surface area contributed by atoms with Crippen LogP contribution in [0.4, 0.5) is 15.8 Å². The lowest BCUT2D eigenvalue weighted by atomic mass is 10.1. The molecule has 3 N–H and O–H groups in total. The van der Waals surface area contributed by atoms with E-state index in [-0.39, 0.29) is 11.7 Å². The van der Waals surface area contributed by atoms with E-state index >= 15 is 0 Å². The van der Waals surface area contributed by atoms with E-state index in [4.69, 9.17) is 17.3 Å². The smallest absolute Gasteiger partial charge is 0.255 e. The first kappa shape index (κ1) is 14.3. The molecule has 2 aromatic rings. The topological polar surface area (TPSA) is 55.1 Å². The van der Waals surface area contributed by atoms with Crippen LogP contribution in [0.2, 0.25) is 5.02 Å². The Bertz CT molecular complexity index is 686. The molecule has 0 aliphatic rings. The van der Waals surface area contributed by atoms with Gasteiger partial charge in [0.1, 0.15) is 5.82 Å². The minimum atomic E-state index is -0.370. The molecule has 0 atom stereocenters. The number of nitrogens with one attached hydrogen (secondary N) is 1. The first-order valence-electron chi connectivity index (χ1n) is 6.01. The predicted molar refractivity (Wildman–Crippen MR) is 79.7 cm³/mol. The molecule has 104 valence electrons. The van der Waals surface area contributed by atoms with E-state index in [1.165, 1.54) is 18.2 Å². The third kappa shape index (κ3) is 2.91. The van der Waals surface area contributed by atoms with Gasteiger partial charge in [-0.15, -0.1) is 0 Å². The van der Waals surface area contributed by atoms with Gasteiger partial charge in [-0.2, -0.15) is 0 Å². The Balaban J connectivity index is 2.30. The summed E-state index contributed by atoms with van der Waals surface area (Å²) in [6.45, 7) is 3.50. The minimum Gasteiger partial charge on any atom is -0.398 e. The van der Waals surface area contributed by atoms with Crippen LogP contribution in [0.5, 0.6) is 0 Å². The van der Waals surface area contributed by atoms with Crippen molar-refractivity contribution in [3.8, 4) is 0 Å². The lowest BCUT2D eigenvalue weighted by molar-refractivity contribution is 0.102. The van der Waals surface area contributed by atoms with E-state index in [1.54, 1.807) is 19.1 Å². The van der Waals surface area contributed by atoms with Crippen molar-refractivity contribution in [3.05, 3.63) is 57.9 Å². The van der Waals surface area contributed by atoms with Crippen molar-refractivity contribution < 1.29 is 9.18 Å². The molecule has 0 spiro atoms. The second-order valence-electron chi connectivity index (χ2n) is 4.60. The summed E-state index contributed by atoms with van der Waals surface area (Å²) in [6, 6.07) is 7.31. The van der Waals surface area contributed by atoms with Crippen molar-refractivity contribution >= 4 is 28.9 Å². The van der Waals surface area contributed by atoms with E-state index in [1.807, 2.05) is 6.92 Å². The molecule has 20 heavy (non-hydrogen) atoms. The first-order valence-corrected chi connectivity index (χ1v) is 6.39. The first-order chi connectivity index (χ1) is 9.38. The monoisotopic (exact) mass is 292 g/mol. The number of rotatable bonds is 2. The third-order valence-corrected chi connectivity index (χ3v) is 3.35. The average molecular weight is 293 g/mol. The maximum absolute atomic E-state index is 13.0. The molecule has 0 saturated carbocycles. The second-order valence-corrected chi connectivity index (χ2v) is 5.01. The Morgan fingerprint density at radius 3 is 2.55 bits per heavy atom. The standard InChI is InChI=1S/C15H14ClFN2O/c1-8-5-10(17)3-4-11(8)15(20)19-14-7-12(16)13(18)6-9(14)2/h3-7H,18H2,1-2H3,(H,19,20). The highest BCUT2D eigenvalue weighted by atomic mass is 35.5. The van der Waals surface area contributed by atoms with Gasteiger partial charge in [0.2, 0.25) is 0 Å². The van der Waals surface area contributed by atoms with Crippen LogP contribution in [0.3, 0.4) is 0 Å². The zero-order valence-corrected chi connectivity index (χ0v) is 11.9. The lowest BCUT2D eigenvalue weighted by Crippen LogP contribution is -2.14. The van der Waals surface area contributed by atoms with Crippen molar-refractivity contribution in [1.29, 1.82) is 0 Å². The average Bonchev–Trinajstić information content (AvgIpc) is 2.35. The maximum Gasteiger partial charge on any atom is 0.255 e. The third-order valence-electron chi connectivity index (χ3n) is 3.02. The van der Waals surface area contributed by atoms with Crippen molar-refractivity contribution in [3.63, 3.8) is 0 Å². The van der Waals surface area contributed by atoms with Crippen LogP contribution < -0.4 is 11.1 Å². The zero-order valence-electron chi connectivity index (χ0n) is 11.1. The fraction of sp³-hybridized carbons (Fsp3) is 0.133. The molecule has 2 rings (SSSR count). The highest BCUT2D eigenvalue weighted by Gasteiger charge is 2.12. The summed E-state index contributed by atoms with van der Waals surface area (Å²) in [4.78, 5) is 12.2. The number of nitrogen functional groups attached to an aromatic ring is 1. The fourth-order valence-electron chi connectivity index (χ4n) is 1.91. The van der Waals surface area contributed by atoms with Crippen LogP contribution >= 0.6 is 11.6 Å². The molecule has 0 aromatic heterocycles. The fourth-order valence-corrected chi connectivity index (χ4v) is 2.07. The predicted octanol–water partition coefficient (Wildman–Crippen LogP) is 3.93. The Morgan fingerprint density at radius 2 is 1.90 bits per heavy atom. The number of hydrogen-bond acceptors (Lipinski definition) is 2. The van der Waals surface area contributed by atoms with Crippen LogP contribution in [-0.2, 0) is 0 Å². The van der Waals surface area contributed by atoms with Crippen LogP contribution in [-0.4, -0.2) is 5.91 Å². The molecule has 0 aliphatic carbocycles. The maximum atomic E-state index is 13.0. The zero-order chi connectivity index (χ0) is 14.9. The summed E-state index contributed by atoms with van der Waals surface area (Å²) >= 11 is 5.94. The quantitative estimate of drug-likeness (QED) is 0.824. The van der Waals surface area contributed by atoms with Gasteiger partial charge in [0.05, 0.1) is 10.7 Å². The van der Waals surface area contributed by atoms with Crippen molar-refractivity contribution in [2.24, 2.45) is 0 Å². The van der Waals surface area contributed by atoms with Gasteiger partial charge in [-0.25, -0.2) is 4.39 Å². The van der Waals surface area contributed by atoms with Gasteiger partial charge >= 0.3 is 0 Å². The summed E-state index contributed by atoms with van der Waals surface area (Å²) in [7, 11) is 0. The van der Waals surface area contributed by atoms with E-state index in [0.29, 0.717) is 27.5 Å². The van der Waals surface area contributed by atoms with Gasteiger partial charge in [-0.05, 0) is 55.3 Å². The van der Waals surface area contributed by atoms with Crippen molar-refractivity contribution in [1.82, 2.24) is 0 Å². The van der Waals surface area contributed by atoms with E-state index in [0.717, 1.165) is 5.56 Å². The van der Waals surface area contributed by atoms with Gasteiger partial charge in [0.25, 0.3) is 5.91 Å². The largest absolute Gasteiger partial charge is 0.398 e. The summed E-state index contributed by atoms with van der Waals surface area (Å²) in [6.07, 6.45) is 0. The summed E-state index contributed by atoms with van der Waals surface area (Å²) in [5, 5.41) is 3.13. The SMILES string of the molecule is Cc1cc(N)c(Cl)cc1NC(=O)c1ccc(F)cc1C. The number of nitrogens with two attached hydrogens (primary N) is 1. The number of carbonyl (C=O) groups is 1. The Kier molecular flexibility index (Phi) is 3.95. The van der Waals surface area contributed by atoms with Gasteiger partial charge in [0.15, 0.2) is 0 Å². The number of benzene rings is 2. The molecule has 2 aromatic carbocycles. The Morgan fingerprint density at radius 1 is 1.20 bits per heavy atom. The van der Waals surface area contributed by atoms with E-state index in [2.05, 4.69) is 5.32 Å². The van der Waals surface area contributed by atoms with Crippen molar-refractivity contribution in [2.45, 2.75) is 13.8 Å². The molecule has 5 heteroatoms. The van der Waals surface area contributed by atoms with Gasteiger partial charge in [-0.3, -0.25) is 4.79 Å². The number of hydrogen-bond donors (Lipinski definition) is 2. The number of amides is 1. The Hall–Kier alpha value is -2.07. The van der Waals surface area contributed by atoms with Crippen LogP contribution in [0.1, 0.15) is 21.5 Å². The summed E-state index contributed by atoms with van der Waals surface area (Å²) < 4.78 is 13.0. The second kappa shape index (κ2) is 5.51. The van der Waals surface area contributed by atoms with Gasteiger partial charge < -0.3 is 11.1 Å². The molecular weight excluding hydrogens is 279 g/mol. The van der Waals surface area contributed by atoms with E-state index < -0.39 is 0 Å². The highest BCUT2D eigenvalue weighted by molar-refractivity contribution is 6.33. The van der Waals surface area contributed by atoms with Crippen molar-refractivity contribution in [2.75, 3.05) is 11.1 Å². The normalized spacial score (nSPS) is 10.4. The molecule has 0 aliphatic heterocycles. The summed E-state index contributed by atoms with van der Waals surface area (Å²) in [5.41, 5.74) is 8.52. The summed E-state index contributed by atoms with van der Waals surface area (Å²) in [5.74, 6) is -0.683.